The molecule has 0 fully saturated rings. The number of hydrogen-bond donors (Lipinski definition) is 2. The molecule has 58 heavy (non-hydrogen) atoms. The normalized spacial score (nSPS) is 12.1. The second kappa shape index (κ2) is 16.0. The molecule has 300 valence electrons. The second-order valence-corrected chi connectivity index (χ2v) is 22.0. The van der Waals surface area contributed by atoms with Gasteiger partial charge < -0.3 is 24.3 Å². The Morgan fingerprint density at radius 1 is 0.810 bits per heavy atom. The van der Waals surface area contributed by atoms with Crippen LogP contribution in [0.2, 0.25) is 5.04 Å². The van der Waals surface area contributed by atoms with Gasteiger partial charge in [-0.2, -0.15) is 4.90 Å². The summed E-state index contributed by atoms with van der Waals surface area (Å²) in [4.78, 5) is 45.1. The lowest BCUT2D eigenvalue weighted by Crippen LogP contribution is -2.68. The van der Waals surface area contributed by atoms with Gasteiger partial charge in [0.1, 0.15) is 22.5 Å². The van der Waals surface area contributed by atoms with Crippen LogP contribution in [0, 0.1) is 11.8 Å². The first kappa shape index (κ1) is 41.5. The largest absolute Gasteiger partial charge is 0.532 e. The average Bonchev–Trinajstić information content (AvgIpc) is 3.76. The Morgan fingerprint density at radius 3 is 1.93 bits per heavy atom. The molecule has 0 saturated carbocycles. The maximum absolute atomic E-state index is 13.7. The summed E-state index contributed by atoms with van der Waals surface area (Å²) in [5.41, 5.74) is 0.383. The minimum Gasteiger partial charge on any atom is -0.532 e. The lowest BCUT2D eigenvalue weighted by atomic mass is 10.2. The number of hydrogen-bond acceptors (Lipinski definition) is 9. The number of imide groups is 1. The predicted octanol–water partition coefficient (Wildman–Crippen LogP) is 9.86. The predicted molar refractivity (Wildman–Crippen MR) is 234 cm³/mol. The fourth-order valence-electron chi connectivity index (χ4n) is 6.67. The average molecular weight is 817 g/mol. The molecule has 0 saturated heterocycles. The number of carbonyl (C=O) groups is 3. The van der Waals surface area contributed by atoms with Gasteiger partial charge in [-0.1, -0.05) is 117 Å². The number of rotatable bonds is 7. The van der Waals surface area contributed by atoms with Crippen LogP contribution in [0.1, 0.15) is 67.9 Å². The summed E-state index contributed by atoms with van der Waals surface area (Å²) in [5.74, 6) is 6.88. The number of nitrogens with one attached hydrogen (secondary N) is 1. The first-order valence-corrected chi connectivity index (χ1v) is 21.6. The topological polar surface area (TPSA) is 132 Å². The number of carbonyl (C=O) groups excluding carboxylic acids is 2. The summed E-state index contributed by atoms with van der Waals surface area (Å²) >= 11 is 1.12. The van der Waals surface area contributed by atoms with E-state index in [9.17, 15) is 19.5 Å². The first-order chi connectivity index (χ1) is 27.3. The van der Waals surface area contributed by atoms with E-state index in [4.69, 9.17) is 18.9 Å². The summed E-state index contributed by atoms with van der Waals surface area (Å²) < 4.78 is 20.7. The maximum atomic E-state index is 13.7. The Kier molecular flexibility index (Phi) is 11.5. The number of nitrogens with zero attached hydrogens (tertiary/aromatic N) is 3. The molecule has 2 amide bonds. The van der Waals surface area contributed by atoms with E-state index >= 15 is 0 Å². The van der Waals surface area contributed by atoms with Gasteiger partial charge in [-0.05, 0) is 81.2 Å². The van der Waals surface area contributed by atoms with Crippen LogP contribution in [-0.4, -0.2) is 59.0 Å². The third kappa shape index (κ3) is 8.88. The van der Waals surface area contributed by atoms with Crippen molar-refractivity contribution in [1.82, 2.24) is 9.55 Å². The second-order valence-electron chi connectivity index (χ2n) is 16.7. The molecule has 0 aliphatic carbocycles. The minimum atomic E-state index is -3.21. The Hall–Kier alpha value is -6.10. The molecule has 0 unspecified atom stereocenters. The van der Waals surface area contributed by atoms with Gasteiger partial charge >= 0.3 is 26.6 Å². The van der Waals surface area contributed by atoms with Crippen molar-refractivity contribution in [1.29, 1.82) is 0 Å². The van der Waals surface area contributed by atoms with Crippen LogP contribution >= 0.6 is 11.3 Å². The SMILES string of the molecule is CC(C)(C)OC(=O)N(C(=O)OC(C)(C)C)c1nc2c(O[Si](c3ccccc3)(c3ccccc3)C(C)(C)C)cc(C#CCNc3cccc4ccn(C(=O)O)c34)cc2s1. The Bertz CT molecular complexity index is 2470. The van der Waals surface area contributed by atoms with E-state index in [2.05, 4.69) is 62.2 Å². The molecule has 4 aromatic carbocycles. The molecule has 6 rings (SSSR count). The maximum Gasteiger partial charge on any atom is 0.426 e. The molecule has 0 aliphatic heterocycles. The number of para-hydroxylation sites is 1. The molecule has 2 N–H and O–H groups in total. The van der Waals surface area contributed by atoms with Crippen molar-refractivity contribution in [3.05, 3.63) is 109 Å². The fourth-order valence-corrected chi connectivity index (χ4v) is 12.1. The van der Waals surface area contributed by atoms with Gasteiger partial charge in [-0.25, -0.2) is 19.4 Å². The van der Waals surface area contributed by atoms with Crippen molar-refractivity contribution < 1.29 is 33.4 Å². The van der Waals surface area contributed by atoms with Crippen LogP contribution < -0.4 is 25.0 Å². The number of amides is 2. The van der Waals surface area contributed by atoms with E-state index in [1.807, 2.05) is 66.7 Å². The molecule has 6 aromatic rings. The smallest absolute Gasteiger partial charge is 0.426 e. The summed E-state index contributed by atoms with van der Waals surface area (Å²) in [6, 6.07) is 31.3. The van der Waals surface area contributed by atoms with Crippen LogP contribution in [0.3, 0.4) is 0 Å². The zero-order valence-electron chi connectivity index (χ0n) is 34.2. The number of benzene rings is 4. The van der Waals surface area contributed by atoms with Crippen molar-refractivity contribution in [3.8, 4) is 17.6 Å². The highest BCUT2D eigenvalue weighted by molar-refractivity contribution is 7.22. The van der Waals surface area contributed by atoms with Crippen molar-refractivity contribution in [2.75, 3.05) is 16.8 Å². The van der Waals surface area contributed by atoms with Gasteiger partial charge in [0.15, 0.2) is 0 Å². The molecular formula is C45H48N4O7SSi. The van der Waals surface area contributed by atoms with Crippen molar-refractivity contribution in [2.45, 2.75) is 78.6 Å². The van der Waals surface area contributed by atoms with Gasteiger partial charge in [0.2, 0.25) is 5.13 Å². The van der Waals surface area contributed by atoms with Crippen LogP contribution in [0.15, 0.2) is 103 Å². The van der Waals surface area contributed by atoms with Gasteiger partial charge in [-0.3, -0.25) is 4.57 Å². The fraction of sp³-hybridized carbons (Fsp3) is 0.289. The molecule has 2 aromatic heterocycles. The summed E-state index contributed by atoms with van der Waals surface area (Å²) in [6.45, 7) is 17.0. The van der Waals surface area contributed by atoms with Gasteiger partial charge in [0.25, 0.3) is 0 Å². The van der Waals surface area contributed by atoms with E-state index in [0.717, 1.165) is 32.0 Å². The highest BCUT2D eigenvalue weighted by Gasteiger charge is 2.52. The van der Waals surface area contributed by atoms with E-state index in [1.54, 1.807) is 47.6 Å². The van der Waals surface area contributed by atoms with Gasteiger partial charge in [0.05, 0.1) is 22.4 Å². The quantitative estimate of drug-likeness (QED) is 0.119. The Balaban J connectivity index is 1.51. The highest BCUT2D eigenvalue weighted by atomic mass is 32.1. The van der Waals surface area contributed by atoms with Crippen LogP contribution in [0.5, 0.6) is 5.75 Å². The van der Waals surface area contributed by atoms with Crippen LogP contribution in [0.25, 0.3) is 21.1 Å². The summed E-state index contributed by atoms with van der Waals surface area (Å²) in [5, 5.41) is 15.5. The lowest BCUT2D eigenvalue weighted by Gasteiger charge is -2.43. The van der Waals surface area contributed by atoms with E-state index in [0.29, 0.717) is 32.7 Å². The number of carboxylic acid groups (broad SMARTS) is 1. The molecule has 0 bridgehead atoms. The third-order valence-electron chi connectivity index (χ3n) is 8.99. The molecular weight excluding hydrogens is 769 g/mol. The van der Waals surface area contributed by atoms with Crippen LogP contribution in [-0.2, 0) is 9.47 Å². The van der Waals surface area contributed by atoms with Crippen molar-refractivity contribution in [3.63, 3.8) is 0 Å². The number of thiazole rings is 1. The zero-order valence-corrected chi connectivity index (χ0v) is 36.0. The number of fused-ring (bicyclic) bond motifs is 2. The van der Waals surface area contributed by atoms with Gasteiger partial charge in [-0.15, -0.1) is 0 Å². The minimum absolute atomic E-state index is 0.0482. The third-order valence-corrected chi connectivity index (χ3v) is 14.9. The van der Waals surface area contributed by atoms with E-state index < -0.39 is 42.8 Å². The number of anilines is 2. The Morgan fingerprint density at radius 2 is 1.40 bits per heavy atom. The Labute approximate surface area is 343 Å². The lowest BCUT2D eigenvalue weighted by molar-refractivity contribution is 0.0430. The molecule has 11 nitrogen and oxygen atoms in total. The van der Waals surface area contributed by atoms with E-state index in [-0.39, 0.29) is 11.7 Å². The molecule has 2 heterocycles. The van der Waals surface area contributed by atoms with Crippen LogP contribution in [0.4, 0.5) is 25.2 Å². The highest BCUT2D eigenvalue weighted by Crippen LogP contribution is 2.42. The molecule has 0 radical (unpaired) electrons. The number of aromatic nitrogens is 2. The molecule has 0 aliphatic rings. The standard InChI is InChI=1S/C45H48N4O7SSi/c1-43(2,3)54-41(52)49(42(53)55-44(4,5)6)39-47-37-35(56-58(45(7,8)9,32-20-12-10-13-21-32)33-22-14-11-15-23-33)28-30(29-36(37)57-39)18-17-26-46-34-24-16-19-31-25-27-48(38(31)34)40(50)51/h10-16,19-25,27-29,46H,26H2,1-9H3,(H,50,51). The first-order valence-electron chi connectivity index (χ1n) is 18.8. The van der Waals surface area contributed by atoms with E-state index in [1.165, 1.54) is 10.8 Å². The molecule has 13 heteroatoms. The van der Waals surface area contributed by atoms with Crippen molar-refractivity contribution >= 4 is 80.2 Å². The molecule has 0 spiro atoms. The summed E-state index contributed by atoms with van der Waals surface area (Å²) in [6.07, 6.45) is -1.42. The monoisotopic (exact) mass is 816 g/mol. The molecule has 0 atom stereocenters. The summed E-state index contributed by atoms with van der Waals surface area (Å²) in [7, 11) is -3.21. The number of ether oxygens (including phenoxy) is 2. The van der Waals surface area contributed by atoms with Gasteiger partial charge in [0, 0.05) is 17.1 Å². The van der Waals surface area contributed by atoms with Crippen molar-refractivity contribution in [2.24, 2.45) is 0 Å². The zero-order chi connectivity index (χ0) is 42.0.